The molecular weight excluding hydrogens is 241 g/mol. The van der Waals surface area contributed by atoms with Crippen LogP contribution in [0, 0.1) is 5.82 Å². The fourth-order valence-corrected chi connectivity index (χ4v) is 3.39. The molecule has 1 aromatic carbocycles. The van der Waals surface area contributed by atoms with E-state index in [1.165, 1.54) is 32.0 Å². The number of anilines is 1. The molecule has 0 unspecified atom stereocenters. The van der Waals surface area contributed by atoms with Gasteiger partial charge in [0, 0.05) is 24.8 Å². The lowest BCUT2D eigenvalue weighted by atomic mass is 9.94. The van der Waals surface area contributed by atoms with Crippen molar-refractivity contribution in [1.29, 1.82) is 0 Å². The minimum Gasteiger partial charge on any atom is -0.398 e. The van der Waals surface area contributed by atoms with Crippen molar-refractivity contribution >= 4 is 5.69 Å². The van der Waals surface area contributed by atoms with Crippen molar-refractivity contribution < 1.29 is 4.39 Å². The molecule has 0 bridgehead atoms. The van der Waals surface area contributed by atoms with Gasteiger partial charge in [-0.15, -0.1) is 0 Å². The van der Waals surface area contributed by atoms with Crippen molar-refractivity contribution in [3.05, 3.63) is 29.1 Å². The Morgan fingerprint density at radius 1 is 1.21 bits per heavy atom. The van der Waals surface area contributed by atoms with Gasteiger partial charge in [-0.1, -0.05) is 0 Å². The summed E-state index contributed by atoms with van der Waals surface area (Å²) in [6.07, 6.45) is 3.39. The van der Waals surface area contributed by atoms with Gasteiger partial charge in [-0.05, 0) is 62.7 Å². The zero-order valence-electron chi connectivity index (χ0n) is 11.5. The zero-order valence-corrected chi connectivity index (χ0v) is 11.5. The van der Waals surface area contributed by atoms with Gasteiger partial charge in [-0.2, -0.15) is 0 Å². The maximum Gasteiger partial charge on any atom is 0.125 e. The second-order valence-electron chi connectivity index (χ2n) is 5.89. The van der Waals surface area contributed by atoms with Gasteiger partial charge < -0.3 is 10.6 Å². The van der Waals surface area contributed by atoms with E-state index in [9.17, 15) is 4.39 Å². The van der Waals surface area contributed by atoms with Crippen LogP contribution in [0.25, 0.3) is 0 Å². The first-order valence-corrected chi connectivity index (χ1v) is 7.13. The average Bonchev–Trinajstić information content (AvgIpc) is 2.38. The van der Waals surface area contributed by atoms with Crippen molar-refractivity contribution in [2.75, 3.05) is 32.4 Å². The lowest BCUT2D eigenvalue weighted by molar-refractivity contribution is 0.109. The van der Waals surface area contributed by atoms with Gasteiger partial charge in [0.2, 0.25) is 0 Å². The Bertz CT molecular complexity index is 467. The first-order chi connectivity index (χ1) is 9.13. The molecule has 19 heavy (non-hydrogen) atoms. The van der Waals surface area contributed by atoms with Crippen LogP contribution in [0.1, 0.15) is 24.0 Å². The number of halogens is 1. The summed E-state index contributed by atoms with van der Waals surface area (Å²) in [5.74, 6) is -0.207. The summed E-state index contributed by atoms with van der Waals surface area (Å²) >= 11 is 0. The van der Waals surface area contributed by atoms with E-state index in [0.29, 0.717) is 11.7 Å². The molecule has 3 rings (SSSR count). The van der Waals surface area contributed by atoms with E-state index < -0.39 is 0 Å². The Balaban J connectivity index is 1.75. The molecule has 0 amide bonds. The van der Waals surface area contributed by atoms with Gasteiger partial charge in [-0.25, -0.2) is 4.39 Å². The molecule has 2 aliphatic heterocycles. The minimum absolute atomic E-state index is 0.207. The lowest BCUT2D eigenvalue weighted by Gasteiger charge is -2.40. The summed E-state index contributed by atoms with van der Waals surface area (Å²) in [5, 5.41) is 0. The molecule has 2 N–H and O–H groups in total. The Morgan fingerprint density at radius 3 is 2.68 bits per heavy atom. The third kappa shape index (κ3) is 2.60. The van der Waals surface area contributed by atoms with E-state index in [0.717, 1.165) is 30.6 Å². The minimum atomic E-state index is -0.207. The second kappa shape index (κ2) is 5.10. The first kappa shape index (κ1) is 12.9. The maximum atomic E-state index is 13.5. The van der Waals surface area contributed by atoms with Crippen LogP contribution in [0.4, 0.5) is 10.1 Å². The number of nitrogens with two attached hydrogens (primary N) is 1. The molecule has 0 radical (unpaired) electrons. The topological polar surface area (TPSA) is 32.5 Å². The number of hydrogen-bond donors (Lipinski definition) is 1. The predicted octanol–water partition coefficient (Wildman–Crippen LogP) is 1.86. The molecule has 1 fully saturated rings. The molecule has 2 heterocycles. The molecule has 0 aliphatic carbocycles. The third-order valence-corrected chi connectivity index (χ3v) is 4.57. The van der Waals surface area contributed by atoms with Crippen LogP contribution in [-0.2, 0) is 13.0 Å². The lowest BCUT2D eigenvalue weighted by Crippen LogP contribution is -2.45. The van der Waals surface area contributed by atoms with Crippen LogP contribution in [0.2, 0.25) is 0 Å². The fourth-order valence-electron chi connectivity index (χ4n) is 3.39. The molecule has 3 nitrogen and oxygen atoms in total. The summed E-state index contributed by atoms with van der Waals surface area (Å²) < 4.78 is 13.5. The number of nitrogens with zero attached hydrogens (tertiary/aromatic N) is 2. The molecule has 0 spiro atoms. The highest BCUT2D eigenvalue weighted by molar-refractivity contribution is 5.52. The molecule has 0 aromatic heterocycles. The molecular formula is C15H22FN3. The van der Waals surface area contributed by atoms with Gasteiger partial charge in [0.1, 0.15) is 5.82 Å². The maximum absolute atomic E-state index is 13.5. The van der Waals surface area contributed by atoms with Crippen LogP contribution in [0.5, 0.6) is 0 Å². The highest BCUT2D eigenvalue weighted by atomic mass is 19.1. The normalized spacial score (nSPS) is 22.4. The third-order valence-electron chi connectivity index (χ3n) is 4.57. The quantitative estimate of drug-likeness (QED) is 0.785. The van der Waals surface area contributed by atoms with Gasteiger partial charge in [0.05, 0.1) is 0 Å². The smallest absolute Gasteiger partial charge is 0.125 e. The number of piperidine rings is 1. The second-order valence-corrected chi connectivity index (χ2v) is 5.89. The number of likely N-dealkylation sites (tertiary alicyclic amines) is 1. The first-order valence-electron chi connectivity index (χ1n) is 7.13. The van der Waals surface area contributed by atoms with E-state index in [4.69, 9.17) is 5.73 Å². The van der Waals surface area contributed by atoms with Crippen LogP contribution in [-0.4, -0.2) is 42.5 Å². The molecule has 0 atom stereocenters. The summed E-state index contributed by atoms with van der Waals surface area (Å²) in [6, 6.07) is 3.76. The van der Waals surface area contributed by atoms with E-state index in [1.807, 2.05) is 0 Å². The van der Waals surface area contributed by atoms with Gasteiger partial charge in [0.25, 0.3) is 0 Å². The van der Waals surface area contributed by atoms with E-state index in [1.54, 1.807) is 6.07 Å². The van der Waals surface area contributed by atoms with E-state index in [-0.39, 0.29) is 5.82 Å². The Hall–Kier alpha value is -1.13. The van der Waals surface area contributed by atoms with Crippen LogP contribution in [0.15, 0.2) is 12.1 Å². The molecule has 0 saturated carbocycles. The average molecular weight is 263 g/mol. The zero-order chi connectivity index (χ0) is 13.4. The highest BCUT2D eigenvalue weighted by Gasteiger charge is 2.27. The van der Waals surface area contributed by atoms with Gasteiger partial charge in [-0.3, -0.25) is 4.90 Å². The van der Waals surface area contributed by atoms with Crippen molar-refractivity contribution in [1.82, 2.24) is 9.80 Å². The van der Waals surface area contributed by atoms with Crippen LogP contribution in [0.3, 0.4) is 0 Å². The molecule has 1 aromatic rings. The van der Waals surface area contributed by atoms with Crippen LogP contribution < -0.4 is 5.73 Å². The fraction of sp³-hybridized carbons (Fsp3) is 0.600. The summed E-state index contributed by atoms with van der Waals surface area (Å²) in [5.41, 5.74) is 8.79. The SMILES string of the molecule is CN1CCC(N2CCc3c(N)cc(F)cc3C2)CC1. The van der Waals surface area contributed by atoms with Crippen molar-refractivity contribution in [2.45, 2.75) is 31.8 Å². The van der Waals surface area contributed by atoms with E-state index >= 15 is 0 Å². The summed E-state index contributed by atoms with van der Waals surface area (Å²) in [4.78, 5) is 4.89. The molecule has 104 valence electrons. The number of fused-ring (bicyclic) bond motifs is 1. The van der Waals surface area contributed by atoms with E-state index in [2.05, 4.69) is 16.8 Å². The van der Waals surface area contributed by atoms with Crippen molar-refractivity contribution in [3.63, 3.8) is 0 Å². The van der Waals surface area contributed by atoms with Gasteiger partial charge in [0.15, 0.2) is 0 Å². The summed E-state index contributed by atoms with van der Waals surface area (Å²) in [6.45, 7) is 4.24. The number of nitrogen functional groups attached to an aromatic ring is 1. The highest BCUT2D eigenvalue weighted by Crippen LogP contribution is 2.28. The molecule has 2 aliphatic rings. The number of rotatable bonds is 1. The standard InChI is InChI=1S/C15H22FN3/c1-18-5-2-13(3-6-18)19-7-4-14-11(10-19)8-12(16)9-15(14)17/h8-9,13H,2-7,10,17H2,1H3. The summed E-state index contributed by atoms with van der Waals surface area (Å²) in [7, 11) is 2.18. The number of benzene rings is 1. The number of hydrogen-bond acceptors (Lipinski definition) is 3. The van der Waals surface area contributed by atoms with Gasteiger partial charge >= 0.3 is 0 Å². The molecule has 1 saturated heterocycles. The Labute approximate surface area is 114 Å². The Kier molecular flexibility index (Phi) is 3.46. The van der Waals surface area contributed by atoms with Crippen molar-refractivity contribution in [3.8, 4) is 0 Å². The Morgan fingerprint density at radius 2 is 1.95 bits per heavy atom. The van der Waals surface area contributed by atoms with Crippen LogP contribution >= 0.6 is 0 Å². The van der Waals surface area contributed by atoms with Crippen molar-refractivity contribution in [2.24, 2.45) is 0 Å². The largest absolute Gasteiger partial charge is 0.398 e. The monoisotopic (exact) mass is 263 g/mol. The predicted molar refractivity (Wildman–Crippen MR) is 75.4 cm³/mol. The molecule has 4 heteroatoms.